The number of carbonyl (C=O) groups excluding carboxylic acids is 1. The molecule has 6 heteroatoms. The third-order valence-corrected chi connectivity index (χ3v) is 9.94. The summed E-state index contributed by atoms with van der Waals surface area (Å²) in [5.41, 5.74) is 5.82. The first-order valence-electron chi connectivity index (χ1n) is 18.5. The minimum absolute atomic E-state index is 0.372. The third kappa shape index (κ3) is 6.58. The number of anilines is 1. The number of unbranched alkanes of at least 4 members (excludes halogenated alkanes) is 6. The lowest BCUT2D eigenvalue weighted by Gasteiger charge is -2.33. The van der Waals surface area contributed by atoms with E-state index in [4.69, 9.17) is 14.5 Å². The number of para-hydroxylation sites is 1. The van der Waals surface area contributed by atoms with Crippen molar-refractivity contribution in [3.05, 3.63) is 114 Å². The molecule has 3 aromatic carbocycles. The molecule has 0 fully saturated rings. The van der Waals surface area contributed by atoms with Crippen molar-refractivity contribution in [2.24, 2.45) is 0 Å². The average Bonchev–Trinajstić information content (AvgIpc) is 3.63. The minimum Gasteiger partial charge on any atom is -0.493 e. The molecule has 6 rings (SSSR count). The Labute approximate surface area is 292 Å². The van der Waals surface area contributed by atoms with Crippen LogP contribution in [-0.4, -0.2) is 35.2 Å². The number of aromatic nitrogens is 2. The Morgan fingerprint density at radius 3 is 2.29 bits per heavy atom. The van der Waals surface area contributed by atoms with E-state index in [-0.39, 0.29) is 5.97 Å². The van der Waals surface area contributed by atoms with Crippen molar-refractivity contribution < 1.29 is 14.3 Å². The van der Waals surface area contributed by atoms with E-state index in [9.17, 15) is 4.79 Å². The Kier molecular flexibility index (Phi) is 11.0. The van der Waals surface area contributed by atoms with Gasteiger partial charge in [-0.25, -0.2) is 4.79 Å². The van der Waals surface area contributed by atoms with E-state index in [0.29, 0.717) is 17.9 Å². The fraction of sp³-hybridized carbons (Fsp3) is 0.395. The summed E-state index contributed by atoms with van der Waals surface area (Å²) < 4.78 is 16.1. The van der Waals surface area contributed by atoms with E-state index in [1.807, 2.05) is 12.1 Å². The van der Waals surface area contributed by atoms with Crippen molar-refractivity contribution in [2.45, 2.75) is 91.2 Å². The SMILES string of the molecule is CCCCCCOc1cc(N(CC)CC)ccc1C1(c2c(-c3ccccc3)n(CCCCCC)c3ccccc23)OC(=O)c2cccnc21. The van der Waals surface area contributed by atoms with Crippen LogP contribution in [0.25, 0.3) is 22.2 Å². The van der Waals surface area contributed by atoms with Gasteiger partial charge in [0.2, 0.25) is 5.60 Å². The summed E-state index contributed by atoms with van der Waals surface area (Å²) in [7, 11) is 0. The third-order valence-electron chi connectivity index (χ3n) is 9.94. The fourth-order valence-electron chi connectivity index (χ4n) is 7.48. The topological polar surface area (TPSA) is 56.6 Å². The summed E-state index contributed by atoms with van der Waals surface area (Å²) in [4.78, 5) is 21.4. The fourth-order valence-corrected chi connectivity index (χ4v) is 7.48. The first-order chi connectivity index (χ1) is 24.1. The van der Waals surface area contributed by atoms with Crippen LogP contribution in [-0.2, 0) is 16.9 Å². The zero-order valence-electron chi connectivity index (χ0n) is 29.7. The number of hydrogen-bond acceptors (Lipinski definition) is 5. The largest absolute Gasteiger partial charge is 0.493 e. The lowest BCUT2D eigenvalue weighted by molar-refractivity contribution is 0.0241. The van der Waals surface area contributed by atoms with Gasteiger partial charge < -0.3 is 18.9 Å². The maximum Gasteiger partial charge on any atom is 0.341 e. The Bertz CT molecular complexity index is 1860. The Balaban J connectivity index is 1.68. The second kappa shape index (κ2) is 15.8. The number of benzene rings is 3. The highest BCUT2D eigenvalue weighted by atomic mass is 16.6. The highest BCUT2D eigenvalue weighted by molar-refractivity contribution is 6.00. The molecule has 3 heterocycles. The van der Waals surface area contributed by atoms with E-state index in [1.165, 1.54) is 19.3 Å². The molecule has 1 aliphatic heterocycles. The molecule has 0 bridgehead atoms. The van der Waals surface area contributed by atoms with E-state index >= 15 is 0 Å². The Morgan fingerprint density at radius 2 is 1.53 bits per heavy atom. The maximum atomic E-state index is 14.1. The number of pyridine rings is 1. The molecule has 2 aromatic heterocycles. The number of ether oxygens (including phenoxy) is 2. The molecule has 0 N–H and O–H groups in total. The predicted octanol–water partition coefficient (Wildman–Crippen LogP) is 10.6. The van der Waals surface area contributed by atoms with Crippen molar-refractivity contribution >= 4 is 22.6 Å². The van der Waals surface area contributed by atoms with Crippen molar-refractivity contribution in [3.8, 4) is 17.0 Å². The summed E-state index contributed by atoms with van der Waals surface area (Å²) in [6, 6.07) is 29.2. The van der Waals surface area contributed by atoms with Crippen LogP contribution in [0.4, 0.5) is 5.69 Å². The summed E-state index contributed by atoms with van der Waals surface area (Å²) in [6.45, 7) is 12.0. The van der Waals surface area contributed by atoms with Crippen LogP contribution in [0, 0.1) is 0 Å². The van der Waals surface area contributed by atoms with Crippen molar-refractivity contribution in [3.63, 3.8) is 0 Å². The molecule has 0 saturated carbocycles. The number of nitrogens with zero attached hydrogens (tertiary/aromatic N) is 3. The van der Waals surface area contributed by atoms with Crippen molar-refractivity contribution in [1.82, 2.24) is 9.55 Å². The number of carbonyl (C=O) groups is 1. The zero-order chi connectivity index (χ0) is 34.2. The summed E-state index contributed by atoms with van der Waals surface area (Å²) in [5, 5.41) is 1.05. The van der Waals surface area contributed by atoms with Crippen LogP contribution >= 0.6 is 0 Å². The van der Waals surface area contributed by atoms with E-state index < -0.39 is 5.60 Å². The zero-order valence-corrected chi connectivity index (χ0v) is 29.7. The van der Waals surface area contributed by atoms with Gasteiger partial charge in [0.25, 0.3) is 0 Å². The summed E-state index contributed by atoms with van der Waals surface area (Å²) >= 11 is 0. The van der Waals surface area contributed by atoms with Crippen LogP contribution in [0.15, 0.2) is 91.1 Å². The second-order valence-electron chi connectivity index (χ2n) is 13.1. The normalized spacial score (nSPS) is 15.4. The molecule has 0 radical (unpaired) electrons. The number of fused-ring (bicyclic) bond motifs is 2. The minimum atomic E-state index is -1.34. The van der Waals surface area contributed by atoms with Crippen LogP contribution < -0.4 is 9.64 Å². The molecular formula is C43H51N3O3. The van der Waals surface area contributed by atoms with Gasteiger partial charge in [-0.15, -0.1) is 0 Å². The number of cyclic esters (lactones) is 1. The first-order valence-corrected chi connectivity index (χ1v) is 18.5. The maximum absolute atomic E-state index is 14.1. The molecule has 1 aliphatic rings. The van der Waals surface area contributed by atoms with Gasteiger partial charge in [-0.05, 0) is 62.6 Å². The second-order valence-corrected chi connectivity index (χ2v) is 13.1. The number of hydrogen-bond donors (Lipinski definition) is 0. The van der Waals surface area contributed by atoms with Gasteiger partial charge in [-0.2, -0.15) is 0 Å². The molecule has 0 aliphatic carbocycles. The monoisotopic (exact) mass is 657 g/mol. The molecule has 6 nitrogen and oxygen atoms in total. The molecule has 0 amide bonds. The lowest BCUT2D eigenvalue weighted by atomic mass is 9.79. The van der Waals surface area contributed by atoms with Crippen LogP contribution in [0.5, 0.6) is 5.75 Å². The van der Waals surface area contributed by atoms with Crippen LogP contribution in [0.1, 0.15) is 106 Å². The molecular weight excluding hydrogens is 606 g/mol. The Hall–Kier alpha value is -4.58. The quantitative estimate of drug-likeness (QED) is 0.0736. The molecule has 5 aromatic rings. The summed E-state index contributed by atoms with van der Waals surface area (Å²) in [6.07, 6.45) is 10.8. The standard InChI is InChI=1S/C43H51N3O3/c1-5-9-11-18-29-46-37-25-17-16-23-34(37)39(40(46)32-21-14-13-15-22-32)43(41-35(42(47)49-43)24-20-28-44-41)36-27-26-33(45(7-3)8-4)31-38(36)48-30-19-12-10-6-2/h13-17,20-28,31H,5-12,18-19,29-30H2,1-4H3. The lowest BCUT2D eigenvalue weighted by Crippen LogP contribution is -2.32. The number of esters is 1. The predicted molar refractivity (Wildman–Crippen MR) is 201 cm³/mol. The molecule has 256 valence electrons. The highest BCUT2D eigenvalue weighted by Gasteiger charge is 2.54. The average molecular weight is 658 g/mol. The van der Waals surface area contributed by atoms with Crippen molar-refractivity contribution in [2.75, 3.05) is 24.6 Å². The van der Waals surface area contributed by atoms with Crippen LogP contribution in [0.3, 0.4) is 0 Å². The van der Waals surface area contributed by atoms with Crippen molar-refractivity contribution in [1.29, 1.82) is 0 Å². The van der Waals surface area contributed by atoms with E-state index in [0.717, 1.165) is 96.5 Å². The van der Waals surface area contributed by atoms with Crippen LogP contribution in [0.2, 0.25) is 0 Å². The molecule has 0 saturated heterocycles. The van der Waals surface area contributed by atoms with Gasteiger partial charge in [0.15, 0.2) is 0 Å². The highest BCUT2D eigenvalue weighted by Crippen LogP contribution is 2.55. The summed E-state index contributed by atoms with van der Waals surface area (Å²) in [5.74, 6) is 0.356. The number of rotatable bonds is 17. The van der Waals surface area contributed by atoms with Gasteiger partial charge in [-0.1, -0.05) is 101 Å². The van der Waals surface area contributed by atoms with E-state index in [1.54, 1.807) is 6.20 Å². The first kappa shape index (κ1) is 34.3. The van der Waals surface area contributed by atoms with Gasteiger partial charge >= 0.3 is 5.97 Å². The molecule has 0 spiro atoms. The van der Waals surface area contributed by atoms with Gasteiger partial charge in [-0.3, -0.25) is 4.98 Å². The van der Waals surface area contributed by atoms with Gasteiger partial charge in [0.05, 0.1) is 17.9 Å². The number of aryl methyl sites for hydroxylation is 1. The molecule has 1 unspecified atom stereocenters. The molecule has 1 atom stereocenters. The van der Waals surface area contributed by atoms with E-state index in [2.05, 4.69) is 110 Å². The Morgan fingerprint density at radius 1 is 0.796 bits per heavy atom. The smallest absolute Gasteiger partial charge is 0.341 e. The molecule has 49 heavy (non-hydrogen) atoms. The van der Waals surface area contributed by atoms with Gasteiger partial charge in [0, 0.05) is 59.6 Å². The van der Waals surface area contributed by atoms with Gasteiger partial charge in [0.1, 0.15) is 11.4 Å².